The van der Waals surface area contributed by atoms with Gasteiger partial charge in [-0.2, -0.15) is 0 Å². The molecule has 0 aromatic rings. The third-order valence-corrected chi connectivity index (χ3v) is 5.66. The number of nitrogens with two attached hydrogens (primary N) is 1. The normalized spacial score (nSPS) is 17.3. The van der Waals surface area contributed by atoms with E-state index in [1.165, 1.54) is 77.0 Å². The fourth-order valence-electron chi connectivity index (χ4n) is 3.51. The zero-order chi connectivity index (χ0) is 25.1. The Morgan fingerprint density at radius 1 is 0.909 bits per heavy atom. The largest absolute Gasteiger partial charge is 0.505 e. The van der Waals surface area contributed by atoms with Gasteiger partial charge in [0.05, 0.1) is 6.61 Å². The van der Waals surface area contributed by atoms with E-state index in [1.54, 1.807) is 0 Å². The third-order valence-electron chi connectivity index (χ3n) is 5.66. The molecule has 0 amide bonds. The van der Waals surface area contributed by atoms with Crippen LogP contribution in [0.2, 0.25) is 0 Å². The number of ether oxygens (including phenoxy) is 1. The first-order valence-electron chi connectivity index (χ1n) is 12.4. The summed E-state index contributed by atoms with van der Waals surface area (Å²) in [5.41, 5.74) is 5.46. The van der Waals surface area contributed by atoms with E-state index in [0.29, 0.717) is 6.42 Å². The number of aliphatic hydroxyl groups is 4. The number of cyclic esters (lactones) is 1. The fourth-order valence-corrected chi connectivity index (χ4v) is 3.51. The molecule has 1 rings (SSSR count). The van der Waals surface area contributed by atoms with Gasteiger partial charge in [0.2, 0.25) is 5.76 Å². The van der Waals surface area contributed by atoms with Crippen molar-refractivity contribution < 1.29 is 39.9 Å². The Bertz CT molecular complexity index is 567. The van der Waals surface area contributed by atoms with Crippen molar-refractivity contribution in [1.29, 1.82) is 0 Å². The minimum atomic E-state index is -1.42. The van der Waals surface area contributed by atoms with Crippen LogP contribution in [0.25, 0.3) is 0 Å². The first-order valence-corrected chi connectivity index (χ1v) is 12.4. The second-order valence-corrected chi connectivity index (χ2v) is 8.64. The predicted octanol–water partition coefficient (Wildman–Crippen LogP) is 3.86. The lowest BCUT2D eigenvalue weighted by atomic mass is 10.0. The Morgan fingerprint density at radius 2 is 1.33 bits per heavy atom. The van der Waals surface area contributed by atoms with Crippen molar-refractivity contribution in [3.63, 3.8) is 0 Å². The molecule has 7 N–H and O–H groups in total. The summed E-state index contributed by atoms with van der Waals surface area (Å²) in [6, 6.07) is -0.665. The van der Waals surface area contributed by atoms with Gasteiger partial charge < -0.3 is 36.0 Å². The number of carboxylic acids is 1. The number of aliphatic hydroxyl groups excluding tert-OH is 4. The monoisotopic (exact) mass is 475 g/mol. The average Bonchev–Trinajstić information content (AvgIpc) is 3.06. The first-order chi connectivity index (χ1) is 15.8. The highest BCUT2D eigenvalue weighted by molar-refractivity contribution is 5.89. The van der Waals surface area contributed by atoms with E-state index >= 15 is 0 Å². The molecule has 3 atom stereocenters. The van der Waals surface area contributed by atoms with Gasteiger partial charge in [0.1, 0.15) is 12.1 Å². The van der Waals surface area contributed by atoms with Gasteiger partial charge >= 0.3 is 11.9 Å². The van der Waals surface area contributed by atoms with Crippen LogP contribution >= 0.6 is 0 Å². The molecule has 0 saturated heterocycles. The average molecular weight is 476 g/mol. The number of carbonyl (C=O) groups excluding carboxylic acids is 1. The Hall–Kier alpha value is -1.84. The molecule has 1 unspecified atom stereocenters. The van der Waals surface area contributed by atoms with E-state index in [-0.39, 0.29) is 0 Å². The van der Waals surface area contributed by atoms with Crippen molar-refractivity contribution in [3.8, 4) is 0 Å². The van der Waals surface area contributed by atoms with Gasteiger partial charge in [-0.3, -0.25) is 4.79 Å². The maximum Gasteiger partial charge on any atom is 0.377 e. The molecule has 0 fully saturated rings. The molecule has 33 heavy (non-hydrogen) atoms. The fraction of sp³-hybridized carbons (Fsp3) is 0.833. The number of aliphatic carboxylic acids is 1. The Labute approximate surface area is 197 Å². The van der Waals surface area contributed by atoms with Gasteiger partial charge in [0.15, 0.2) is 11.9 Å². The minimum Gasteiger partial charge on any atom is -0.505 e. The van der Waals surface area contributed by atoms with Crippen molar-refractivity contribution in [2.45, 2.75) is 121 Å². The van der Waals surface area contributed by atoms with Crippen LogP contribution in [0, 0.1) is 0 Å². The number of esters is 1. The number of carboxylic acid groups (broad SMARTS) is 1. The molecule has 9 nitrogen and oxygen atoms in total. The molecule has 0 spiro atoms. The highest BCUT2D eigenvalue weighted by Gasteiger charge is 2.38. The summed E-state index contributed by atoms with van der Waals surface area (Å²) in [5.74, 6) is -3.65. The number of unbranched alkanes of at least 4 members (excludes halogenated alkanes) is 13. The van der Waals surface area contributed by atoms with Crippen molar-refractivity contribution in [2.75, 3.05) is 6.61 Å². The predicted molar refractivity (Wildman–Crippen MR) is 126 cm³/mol. The highest BCUT2D eigenvalue weighted by atomic mass is 16.6. The summed E-state index contributed by atoms with van der Waals surface area (Å²) >= 11 is 0. The second-order valence-electron chi connectivity index (χ2n) is 8.64. The zero-order valence-corrected chi connectivity index (χ0v) is 20.1. The molecule has 194 valence electrons. The molecular formula is C24H45NO8. The van der Waals surface area contributed by atoms with Crippen molar-refractivity contribution in [3.05, 3.63) is 11.5 Å². The van der Waals surface area contributed by atoms with Gasteiger partial charge in [0, 0.05) is 0 Å². The van der Waals surface area contributed by atoms with Crippen LogP contribution in [0.4, 0.5) is 0 Å². The lowest BCUT2D eigenvalue weighted by Gasteiger charge is -2.13. The Balaban J connectivity index is 0.000000716. The lowest BCUT2D eigenvalue weighted by molar-refractivity contribution is -0.147. The van der Waals surface area contributed by atoms with E-state index in [9.17, 15) is 9.59 Å². The molecule has 9 heteroatoms. The number of hydrogen-bond donors (Lipinski definition) is 6. The first kappa shape index (κ1) is 31.2. The molecule has 1 heterocycles. The van der Waals surface area contributed by atoms with E-state index in [2.05, 4.69) is 11.7 Å². The smallest absolute Gasteiger partial charge is 0.377 e. The molecular weight excluding hydrogens is 430 g/mol. The summed E-state index contributed by atoms with van der Waals surface area (Å²) in [7, 11) is 0. The standard InChI is InChI=1S/C18H37NO2.C6H8O6/c1-2-3-4-5-6-7-8-9-10-11-12-13-14-15-16-17(19)18(20)21;7-1-2(8)5-3(9)4(10)6(11)12-5/h17H,2-16,19H2,1H3,(H,20,21);2,5,7-10H,1H2/t;2-,5+/m.0/s1. The van der Waals surface area contributed by atoms with Gasteiger partial charge in [-0.15, -0.1) is 0 Å². The molecule has 0 aliphatic carbocycles. The summed E-state index contributed by atoms with van der Waals surface area (Å²) in [5, 5.41) is 43.7. The van der Waals surface area contributed by atoms with Crippen LogP contribution in [-0.2, 0) is 14.3 Å². The molecule has 1 aliphatic rings. The van der Waals surface area contributed by atoms with Crippen LogP contribution in [0.5, 0.6) is 0 Å². The van der Waals surface area contributed by atoms with E-state index in [1.807, 2.05) is 0 Å². The summed E-state index contributed by atoms with van der Waals surface area (Å²) in [6.45, 7) is 1.59. The third kappa shape index (κ3) is 14.8. The van der Waals surface area contributed by atoms with Crippen molar-refractivity contribution >= 4 is 11.9 Å². The summed E-state index contributed by atoms with van der Waals surface area (Å²) in [6.07, 6.45) is 16.3. The maximum atomic E-state index is 10.5. The molecule has 0 saturated carbocycles. The van der Waals surface area contributed by atoms with E-state index in [4.69, 9.17) is 31.3 Å². The van der Waals surface area contributed by atoms with Crippen LogP contribution in [0.3, 0.4) is 0 Å². The van der Waals surface area contributed by atoms with Gasteiger partial charge in [-0.05, 0) is 6.42 Å². The Kier molecular flexibility index (Phi) is 18.5. The molecule has 0 aromatic carbocycles. The van der Waals surface area contributed by atoms with Crippen LogP contribution < -0.4 is 5.73 Å². The SMILES string of the molecule is CCCCCCCCCCCCCCCCC(N)C(=O)O.O=C1O[C@H]([C@@H](O)CO)C(O)=C1O. The number of rotatable bonds is 18. The van der Waals surface area contributed by atoms with Crippen LogP contribution in [0.15, 0.2) is 11.5 Å². The molecule has 0 bridgehead atoms. The number of hydrogen-bond acceptors (Lipinski definition) is 8. The summed E-state index contributed by atoms with van der Waals surface area (Å²) < 4.78 is 4.32. The lowest BCUT2D eigenvalue weighted by Crippen LogP contribution is -2.31. The molecule has 0 radical (unpaired) electrons. The van der Waals surface area contributed by atoms with Crippen molar-refractivity contribution in [1.82, 2.24) is 0 Å². The quantitative estimate of drug-likeness (QED) is 0.127. The van der Waals surface area contributed by atoms with Crippen molar-refractivity contribution in [2.24, 2.45) is 5.73 Å². The minimum absolute atomic E-state index is 0.618. The van der Waals surface area contributed by atoms with E-state index in [0.717, 1.165) is 12.8 Å². The number of carbonyl (C=O) groups is 2. The Morgan fingerprint density at radius 3 is 1.67 bits per heavy atom. The highest BCUT2D eigenvalue weighted by Crippen LogP contribution is 2.21. The zero-order valence-electron chi connectivity index (χ0n) is 20.1. The van der Waals surface area contributed by atoms with E-state index < -0.39 is 48.3 Å². The van der Waals surface area contributed by atoms with Crippen LogP contribution in [-0.4, -0.2) is 62.3 Å². The van der Waals surface area contributed by atoms with Gasteiger partial charge in [-0.25, -0.2) is 4.79 Å². The van der Waals surface area contributed by atoms with Gasteiger partial charge in [0.25, 0.3) is 0 Å². The maximum absolute atomic E-state index is 10.5. The second kappa shape index (κ2) is 19.6. The molecule has 1 aliphatic heterocycles. The molecule has 0 aromatic heterocycles. The topological polar surface area (TPSA) is 171 Å². The van der Waals surface area contributed by atoms with Crippen LogP contribution in [0.1, 0.15) is 103 Å². The van der Waals surface area contributed by atoms with Gasteiger partial charge in [-0.1, -0.05) is 96.8 Å². The summed E-state index contributed by atoms with van der Waals surface area (Å²) in [4.78, 5) is 21.1.